The Morgan fingerprint density at radius 2 is 2.12 bits per heavy atom. The van der Waals surface area contributed by atoms with Crippen molar-refractivity contribution < 1.29 is 26.7 Å². The predicted molar refractivity (Wildman–Crippen MR) is 90.2 cm³/mol. The van der Waals surface area contributed by atoms with Gasteiger partial charge in [0.2, 0.25) is 0 Å². The van der Waals surface area contributed by atoms with Gasteiger partial charge in [-0.1, -0.05) is 15.9 Å². The third kappa shape index (κ3) is 3.60. The molecule has 3 rings (SSSR count). The van der Waals surface area contributed by atoms with Crippen LogP contribution in [0.15, 0.2) is 27.7 Å². The Morgan fingerprint density at radius 3 is 2.76 bits per heavy atom. The van der Waals surface area contributed by atoms with Crippen molar-refractivity contribution in [1.82, 2.24) is 0 Å². The lowest BCUT2D eigenvalue weighted by atomic mass is 9.85. The number of hydrogen-bond donors (Lipinski definition) is 0. The van der Waals surface area contributed by atoms with Crippen LogP contribution in [0.3, 0.4) is 0 Å². The molecule has 25 heavy (non-hydrogen) atoms. The highest BCUT2D eigenvalue weighted by Gasteiger charge is 2.68. The highest BCUT2D eigenvalue weighted by atomic mass is 79.9. The third-order valence-electron chi connectivity index (χ3n) is 4.52. The molecule has 0 N–H and O–H groups in total. The van der Waals surface area contributed by atoms with Crippen LogP contribution in [0, 0.1) is 11.7 Å². The summed E-state index contributed by atoms with van der Waals surface area (Å²) in [7, 11) is 0. The summed E-state index contributed by atoms with van der Waals surface area (Å²) in [5.41, 5.74) is -1.31. The normalized spacial score (nSPS) is 31.5. The molecule has 138 valence electrons. The molecule has 0 spiro atoms. The summed E-state index contributed by atoms with van der Waals surface area (Å²) in [5, 5.41) is 0.515. The lowest BCUT2D eigenvalue weighted by Gasteiger charge is -2.35. The Labute approximate surface area is 154 Å². The van der Waals surface area contributed by atoms with E-state index in [4.69, 9.17) is 4.74 Å². The zero-order valence-electron chi connectivity index (χ0n) is 13.2. The molecule has 0 bridgehead atoms. The number of hydrogen-bond acceptors (Lipinski definition) is 3. The number of halogens is 6. The van der Waals surface area contributed by atoms with Gasteiger partial charge in [0.05, 0.1) is 16.4 Å². The molecule has 2 nitrogen and oxygen atoms in total. The van der Waals surface area contributed by atoms with Crippen molar-refractivity contribution in [2.24, 2.45) is 10.9 Å². The lowest BCUT2D eigenvalue weighted by molar-refractivity contribution is -0.174. The van der Waals surface area contributed by atoms with Crippen LogP contribution in [0.1, 0.15) is 18.9 Å². The minimum absolute atomic E-state index is 0.117. The van der Waals surface area contributed by atoms with Crippen LogP contribution < -0.4 is 0 Å². The van der Waals surface area contributed by atoms with Crippen molar-refractivity contribution in [1.29, 1.82) is 0 Å². The van der Waals surface area contributed by atoms with Crippen molar-refractivity contribution in [2.75, 3.05) is 19.9 Å². The van der Waals surface area contributed by atoms with E-state index in [1.54, 1.807) is 6.92 Å². The smallest absolute Gasteiger partial charge is 0.371 e. The molecule has 1 aliphatic carbocycles. The molecule has 9 heteroatoms. The van der Waals surface area contributed by atoms with Gasteiger partial charge in [0, 0.05) is 16.0 Å². The average Bonchev–Trinajstić information content (AvgIpc) is 3.22. The Balaban J connectivity index is 1.91. The van der Waals surface area contributed by atoms with E-state index in [0.717, 1.165) is 0 Å². The van der Waals surface area contributed by atoms with E-state index in [9.17, 15) is 22.0 Å². The van der Waals surface area contributed by atoms with Crippen LogP contribution >= 0.6 is 27.7 Å². The Morgan fingerprint density at radius 1 is 1.40 bits per heavy atom. The topological polar surface area (TPSA) is 21.6 Å². The van der Waals surface area contributed by atoms with Crippen LogP contribution in [0.2, 0.25) is 0 Å². The number of thioether (sulfide) groups is 1. The van der Waals surface area contributed by atoms with Gasteiger partial charge in [0.1, 0.15) is 24.6 Å². The molecule has 2 aliphatic rings. The van der Waals surface area contributed by atoms with E-state index < -0.39 is 41.5 Å². The Kier molecular flexibility index (Phi) is 4.96. The molecule has 0 amide bonds. The highest BCUT2D eigenvalue weighted by Crippen LogP contribution is 2.66. The van der Waals surface area contributed by atoms with Gasteiger partial charge in [-0.2, -0.15) is 13.2 Å². The molecule has 0 radical (unpaired) electrons. The standard InChI is InChI=1S/C16H15BrF5NOS/c1-9-23-15(6-18,11-4-10(17)2-3-12(11)19)13-5-14(13,25-9)7-24-8-16(20,21)22/h2-4,13H,5-8H2,1H3/t13-,14-,15-/m1/s1. The maximum atomic E-state index is 14.4. The fourth-order valence-electron chi connectivity index (χ4n) is 3.48. The summed E-state index contributed by atoms with van der Waals surface area (Å²) in [6.07, 6.45) is -4.00. The SMILES string of the molecule is CC1=N[C@](CF)(c2cc(Br)ccc2F)[C@@H]2C[C@]2(COCC(F)(F)F)S1. The number of benzene rings is 1. The van der Waals surface area contributed by atoms with Gasteiger partial charge in [-0.25, -0.2) is 8.78 Å². The number of aliphatic imine (C=N–C) groups is 1. The van der Waals surface area contributed by atoms with E-state index in [0.29, 0.717) is 15.9 Å². The van der Waals surface area contributed by atoms with Gasteiger partial charge in [0.15, 0.2) is 0 Å². The number of alkyl halides is 4. The summed E-state index contributed by atoms with van der Waals surface area (Å²) >= 11 is 4.54. The largest absolute Gasteiger partial charge is 0.411 e. The number of fused-ring (bicyclic) bond motifs is 1. The summed E-state index contributed by atoms with van der Waals surface area (Å²) in [6, 6.07) is 4.22. The first-order valence-corrected chi connectivity index (χ1v) is 9.14. The van der Waals surface area contributed by atoms with Crippen LogP contribution in [-0.4, -0.2) is 35.9 Å². The van der Waals surface area contributed by atoms with E-state index in [-0.39, 0.29) is 12.2 Å². The van der Waals surface area contributed by atoms with Crippen molar-refractivity contribution in [3.8, 4) is 0 Å². The van der Waals surface area contributed by atoms with Crippen molar-refractivity contribution in [2.45, 2.75) is 29.8 Å². The monoisotopic (exact) mass is 443 g/mol. The van der Waals surface area contributed by atoms with E-state index in [1.165, 1.54) is 30.0 Å². The highest BCUT2D eigenvalue weighted by molar-refractivity contribution is 9.10. The van der Waals surface area contributed by atoms with Gasteiger partial charge >= 0.3 is 6.18 Å². The molecule has 1 fully saturated rings. The first-order valence-electron chi connectivity index (χ1n) is 7.53. The van der Waals surface area contributed by atoms with Crippen molar-refractivity contribution in [3.63, 3.8) is 0 Å². The fraction of sp³-hybridized carbons (Fsp3) is 0.562. The van der Waals surface area contributed by atoms with Gasteiger partial charge in [0.25, 0.3) is 0 Å². The summed E-state index contributed by atoms with van der Waals surface area (Å²) in [4.78, 5) is 4.39. The lowest BCUT2D eigenvalue weighted by Crippen LogP contribution is -2.39. The van der Waals surface area contributed by atoms with Crippen LogP contribution in [0.25, 0.3) is 0 Å². The van der Waals surface area contributed by atoms with Crippen LogP contribution in [0.4, 0.5) is 22.0 Å². The molecule has 1 aromatic rings. The Hall–Kier alpha value is -0.670. The number of nitrogens with zero attached hydrogens (tertiary/aromatic N) is 1. The molecule has 1 heterocycles. The molecule has 0 unspecified atom stereocenters. The molecule has 1 saturated carbocycles. The van der Waals surface area contributed by atoms with Crippen molar-refractivity contribution in [3.05, 3.63) is 34.1 Å². The zero-order valence-corrected chi connectivity index (χ0v) is 15.6. The second-order valence-electron chi connectivity index (χ2n) is 6.34. The minimum atomic E-state index is -4.42. The third-order valence-corrected chi connectivity index (χ3v) is 6.38. The maximum absolute atomic E-state index is 14.4. The van der Waals surface area contributed by atoms with Crippen LogP contribution in [0.5, 0.6) is 0 Å². The summed E-state index contributed by atoms with van der Waals surface area (Å²) in [5.74, 6) is -1.00. The van der Waals surface area contributed by atoms with Gasteiger partial charge in [-0.05, 0) is 31.5 Å². The maximum Gasteiger partial charge on any atom is 0.411 e. The summed E-state index contributed by atoms with van der Waals surface area (Å²) in [6.45, 7) is -0.798. The molecule has 0 saturated heterocycles. The quantitative estimate of drug-likeness (QED) is 0.579. The minimum Gasteiger partial charge on any atom is -0.371 e. The molecular formula is C16H15BrF5NOS. The van der Waals surface area contributed by atoms with Gasteiger partial charge in [-0.3, -0.25) is 4.99 Å². The number of rotatable bonds is 5. The van der Waals surface area contributed by atoms with Crippen molar-refractivity contribution >= 4 is 32.7 Å². The van der Waals surface area contributed by atoms with E-state index in [1.807, 2.05) is 0 Å². The predicted octanol–water partition coefficient (Wildman–Crippen LogP) is 5.26. The number of ether oxygens (including phenoxy) is 1. The van der Waals surface area contributed by atoms with E-state index in [2.05, 4.69) is 20.9 Å². The summed E-state index contributed by atoms with van der Waals surface area (Å²) < 4.78 is 70.3. The molecule has 0 aromatic heterocycles. The van der Waals surface area contributed by atoms with E-state index >= 15 is 0 Å². The molecule has 3 atom stereocenters. The van der Waals surface area contributed by atoms with Gasteiger partial charge in [-0.15, -0.1) is 11.8 Å². The molecular weight excluding hydrogens is 429 g/mol. The molecule has 1 aliphatic heterocycles. The first-order chi connectivity index (χ1) is 11.6. The van der Waals surface area contributed by atoms with Crippen LogP contribution in [-0.2, 0) is 10.3 Å². The van der Waals surface area contributed by atoms with Gasteiger partial charge < -0.3 is 4.74 Å². The second kappa shape index (κ2) is 6.49. The molecule has 1 aromatic carbocycles. The first kappa shape index (κ1) is 19.1. The second-order valence-corrected chi connectivity index (χ2v) is 8.87. The zero-order chi connectivity index (χ0) is 18.5. The Bertz CT molecular complexity index is 712. The average molecular weight is 444 g/mol. The fourth-order valence-corrected chi connectivity index (χ4v) is 5.37.